The van der Waals surface area contributed by atoms with E-state index in [1.54, 1.807) is 5.38 Å². The first-order valence-corrected chi connectivity index (χ1v) is 8.17. The van der Waals surface area contributed by atoms with Gasteiger partial charge in [0, 0.05) is 23.8 Å². The molecule has 0 radical (unpaired) electrons. The van der Waals surface area contributed by atoms with E-state index in [0.717, 1.165) is 5.56 Å². The first kappa shape index (κ1) is 17.7. The SMILES string of the molecule is COC(=O)c1c(-c2ccccc2)csc1NC(=O)CCCC(=O)O. The number of amides is 1. The zero-order chi connectivity index (χ0) is 17.5. The largest absolute Gasteiger partial charge is 0.481 e. The number of carboxylic acid groups (broad SMARTS) is 1. The fraction of sp³-hybridized carbons (Fsp3) is 0.235. The van der Waals surface area contributed by atoms with Crippen molar-refractivity contribution in [2.75, 3.05) is 12.4 Å². The molecule has 0 atom stereocenters. The van der Waals surface area contributed by atoms with Crippen LogP contribution in [0.3, 0.4) is 0 Å². The van der Waals surface area contributed by atoms with Gasteiger partial charge in [0.2, 0.25) is 5.91 Å². The molecule has 6 nitrogen and oxygen atoms in total. The predicted molar refractivity (Wildman–Crippen MR) is 91.2 cm³/mol. The molecule has 0 saturated carbocycles. The molecule has 1 amide bonds. The summed E-state index contributed by atoms with van der Waals surface area (Å²) in [5, 5.41) is 13.5. The molecule has 1 aromatic heterocycles. The second-order valence-corrected chi connectivity index (χ2v) is 5.89. The Labute approximate surface area is 143 Å². The zero-order valence-electron chi connectivity index (χ0n) is 13.1. The number of anilines is 1. The minimum atomic E-state index is -0.944. The van der Waals surface area contributed by atoms with Crippen molar-refractivity contribution in [3.63, 3.8) is 0 Å². The Morgan fingerprint density at radius 2 is 1.88 bits per heavy atom. The summed E-state index contributed by atoms with van der Waals surface area (Å²) < 4.78 is 4.83. The van der Waals surface area contributed by atoms with Crippen molar-refractivity contribution in [1.82, 2.24) is 0 Å². The fourth-order valence-corrected chi connectivity index (χ4v) is 3.15. The van der Waals surface area contributed by atoms with Crippen LogP contribution in [-0.2, 0) is 14.3 Å². The number of methoxy groups -OCH3 is 1. The number of nitrogens with one attached hydrogen (secondary N) is 1. The van der Waals surface area contributed by atoms with Crippen LogP contribution in [0.1, 0.15) is 29.6 Å². The molecular weight excluding hydrogens is 330 g/mol. The van der Waals surface area contributed by atoms with Crippen LogP contribution in [0.2, 0.25) is 0 Å². The van der Waals surface area contributed by atoms with E-state index in [0.29, 0.717) is 16.1 Å². The first-order chi connectivity index (χ1) is 11.5. The monoisotopic (exact) mass is 347 g/mol. The number of carboxylic acids is 1. The van der Waals surface area contributed by atoms with Crippen LogP contribution >= 0.6 is 11.3 Å². The number of carbonyl (C=O) groups excluding carboxylic acids is 2. The Balaban J connectivity index is 2.21. The van der Waals surface area contributed by atoms with Gasteiger partial charge in [0.1, 0.15) is 10.6 Å². The number of ether oxygens (including phenoxy) is 1. The average Bonchev–Trinajstić information content (AvgIpc) is 2.98. The van der Waals surface area contributed by atoms with Crippen LogP contribution in [0.4, 0.5) is 5.00 Å². The quantitative estimate of drug-likeness (QED) is 0.749. The van der Waals surface area contributed by atoms with Crippen molar-refractivity contribution in [2.24, 2.45) is 0 Å². The van der Waals surface area contributed by atoms with E-state index in [9.17, 15) is 14.4 Å². The Kier molecular flexibility index (Phi) is 6.08. The topological polar surface area (TPSA) is 92.7 Å². The Hall–Kier alpha value is -2.67. The molecule has 2 N–H and O–H groups in total. The highest BCUT2D eigenvalue weighted by atomic mass is 32.1. The van der Waals surface area contributed by atoms with E-state index in [2.05, 4.69) is 5.32 Å². The molecule has 2 rings (SSSR count). The van der Waals surface area contributed by atoms with Gasteiger partial charge in [-0.05, 0) is 12.0 Å². The van der Waals surface area contributed by atoms with Crippen molar-refractivity contribution >= 4 is 34.2 Å². The van der Waals surface area contributed by atoms with Gasteiger partial charge in [-0.3, -0.25) is 9.59 Å². The predicted octanol–water partition coefficient (Wildman–Crippen LogP) is 3.40. The standard InChI is InChI=1S/C17H17NO5S/c1-23-17(22)15-12(11-6-3-2-4-7-11)10-24-16(15)18-13(19)8-5-9-14(20)21/h2-4,6-7,10H,5,8-9H2,1H3,(H,18,19)(H,20,21). The van der Waals surface area contributed by atoms with Crippen LogP contribution < -0.4 is 5.32 Å². The number of thiophene rings is 1. The van der Waals surface area contributed by atoms with E-state index in [1.807, 2.05) is 30.3 Å². The number of carbonyl (C=O) groups is 3. The minimum absolute atomic E-state index is 0.0724. The molecule has 7 heteroatoms. The van der Waals surface area contributed by atoms with Gasteiger partial charge in [0.05, 0.1) is 7.11 Å². The van der Waals surface area contributed by atoms with Gasteiger partial charge in [-0.2, -0.15) is 0 Å². The van der Waals surface area contributed by atoms with E-state index in [1.165, 1.54) is 18.4 Å². The Morgan fingerprint density at radius 1 is 1.17 bits per heavy atom. The first-order valence-electron chi connectivity index (χ1n) is 7.29. The van der Waals surface area contributed by atoms with Crippen LogP contribution in [0.25, 0.3) is 11.1 Å². The van der Waals surface area contributed by atoms with Crippen molar-refractivity contribution < 1.29 is 24.2 Å². The lowest BCUT2D eigenvalue weighted by Gasteiger charge is -2.07. The number of aliphatic carboxylic acids is 1. The molecule has 0 unspecified atom stereocenters. The zero-order valence-corrected chi connectivity index (χ0v) is 13.9. The molecule has 24 heavy (non-hydrogen) atoms. The summed E-state index contributed by atoms with van der Waals surface area (Å²) >= 11 is 1.23. The maximum atomic E-state index is 12.1. The number of hydrogen-bond donors (Lipinski definition) is 2. The molecule has 0 fully saturated rings. The number of esters is 1. The lowest BCUT2D eigenvalue weighted by Crippen LogP contribution is -2.14. The summed E-state index contributed by atoms with van der Waals surface area (Å²) in [6.07, 6.45) is 0.244. The normalized spacial score (nSPS) is 10.2. The van der Waals surface area contributed by atoms with E-state index < -0.39 is 11.9 Å². The highest BCUT2D eigenvalue weighted by Gasteiger charge is 2.22. The van der Waals surface area contributed by atoms with Gasteiger partial charge in [0.15, 0.2) is 0 Å². The van der Waals surface area contributed by atoms with E-state index in [-0.39, 0.29) is 25.2 Å². The van der Waals surface area contributed by atoms with Crippen molar-refractivity contribution in [1.29, 1.82) is 0 Å². The summed E-state index contributed by atoms with van der Waals surface area (Å²) in [5.74, 6) is -1.81. The highest BCUT2D eigenvalue weighted by Crippen LogP contribution is 2.36. The second-order valence-electron chi connectivity index (χ2n) is 5.01. The number of rotatable bonds is 7. The summed E-state index contributed by atoms with van der Waals surface area (Å²) in [6, 6.07) is 9.33. The third kappa shape index (κ3) is 4.42. The summed E-state index contributed by atoms with van der Waals surface area (Å²) in [6.45, 7) is 0. The van der Waals surface area contributed by atoms with Gasteiger partial charge in [-0.1, -0.05) is 30.3 Å². The molecule has 126 valence electrons. The summed E-state index contributed by atoms with van der Waals surface area (Å²) in [7, 11) is 1.28. The molecule has 0 bridgehead atoms. The van der Waals surface area contributed by atoms with Gasteiger partial charge >= 0.3 is 11.9 Å². The van der Waals surface area contributed by atoms with Crippen LogP contribution in [0.5, 0.6) is 0 Å². The molecule has 0 aliphatic rings. The number of benzene rings is 1. The van der Waals surface area contributed by atoms with Crippen molar-refractivity contribution in [3.8, 4) is 11.1 Å². The van der Waals surface area contributed by atoms with Crippen molar-refractivity contribution in [2.45, 2.75) is 19.3 Å². The van der Waals surface area contributed by atoms with Gasteiger partial charge in [-0.25, -0.2) is 4.79 Å². The molecular formula is C17H17NO5S. The molecule has 0 aliphatic heterocycles. The summed E-state index contributed by atoms with van der Waals surface area (Å²) in [5.41, 5.74) is 1.84. The molecule has 0 spiro atoms. The fourth-order valence-electron chi connectivity index (χ4n) is 2.17. The highest BCUT2D eigenvalue weighted by molar-refractivity contribution is 7.15. The minimum Gasteiger partial charge on any atom is -0.481 e. The lowest BCUT2D eigenvalue weighted by molar-refractivity contribution is -0.137. The van der Waals surface area contributed by atoms with Gasteiger partial charge < -0.3 is 15.2 Å². The molecule has 1 aromatic carbocycles. The number of hydrogen-bond acceptors (Lipinski definition) is 5. The molecule has 2 aromatic rings. The average molecular weight is 347 g/mol. The van der Waals surface area contributed by atoms with E-state index >= 15 is 0 Å². The maximum absolute atomic E-state index is 12.1. The second kappa shape index (κ2) is 8.26. The smallest absolute Gasteiger partial charge is 0.341 e. The van der Waals surface area contributed by atoms with E-state index in [4.69, 9.17) is 9.84 Å². The molecule has 0 saturated heterocycles. The lowest BCUT2D eigenvalue weighted by atomic mass is 10.0. The maximum Gasteiger partial charge on any atom is 0.341 e. The van der Waals surface area contributed by atoms with Gasteiger partial charge in [-0.15, -0.1) is 11.3 Å². The van der Waals surface area contributed by atoms with Crippen LogP contribution in [0, 0.1) is 0 Å². The van der Waals surface area contributed by atoms with Crippen LogP contribution in [-0.4, -0.2) is 30.1 Å². The third-order valence-electron chi connectivity index (χ3n) is 3.31. The summed E-state index contributed by atoms with van der Waals surface area (Å²) in [4.78, 5) is 34.6. The third-order valence-corrected chi connectivity index (χ3v) is 4.21. The van der Waals surface area contributed by atoms with Gasteiger partial charge in [0.25, 0.3) is 0 Å². The molecule has 0 aliphatic carbocycles. The van der Waals surface area contributed by atoms with Crippen LogP contribution in [0.15, 0.2) is 35.7 Å². The molecule has 1 heterocycles. The Bertz CT molecular complexity index is 739. The Morgan fingerprint density at radius 3 is 2.50 bits per heavy atom. The van der Waals surface area contributed by atoms with Crippen molar-refractivity contribution in [3.05, 3.63) is 41.3 Å².